The van der Waals surface area contributed by atoms with Gasteiger partial charge in [0.2, 0.25) is 4.96 Å². The first-order chi connectivity index (χ1) is 15.6. The van der Waals surface area contributed by atoms with Crippen LogP contribution in [-0.2, 0) is 6.42 Å². The van der Waals surface area contributed by atoms with Crippen LogP contribution in [0.3, 0.4) is 0 Å². The van der Waals surface area contributed by atoms with E-state index in [9.17, 15) is 4.79 Å². The second-order valence-corrected chi connectivity index (χ2v) is 8.65. The number of likely N-dealkylation sites (N-methyl/N-ethyl adjacent to an activating group) is 1. The summed E-state index contributed by atoms with van der Waals surface area (Å²) in [7, 11) is 0. The predicted octanol–water partition coefficient (Wildman–Crippen LogP) is 4.78. The number of hydrogen-bond donors (Lipinski definition) is 0. The Balaban J connectivity index is 1.54. The van der Waals surface area contributed by atoms with Gasteiger partial charge in [-0.05, 0) is 55.1 Å². The maximum absolute atomic E-state index is 12.5. The molecule has 4 aromatic rings. The highest BCUT2D eigenvalue weighted by atomic mass is 35.5. The van der Waals surface area contributed by atoms with E-state index in [1.165, 1.54) is 11.3 Å². The van der Waals surface area contributed by atoms with Crippen LogP contribution in [0.2, 0.25) is 5.02 Å². The molecule has 2 heterocycles. The van der Waals surface area contributed by atoms with E-state index in [4.69, 9.17) is 16.3 Å². The number of nitrogens with zero attached hydrogens (tertiary/aromatic N) is 4. The summed E-state index contributed by atoms with van der Waals surface area (Å²) < 4.78 is 7.63. The summed E-state index contributed by atoms with van der Waals surface area (Å²) in [6, 6.07) is 15.3. The molecule has 0 fully saturated rings. The van der Waals surface area contributed by atoms with Crippen LogP contribution in [-0.4, -0.2) is 45.7 Å². The van der Waals surface area contributed by atoms with Crippen molar-refractivity contribution in [1.29, 1.82) is 0 Å². The van der Waals surface area contributed by atoms with Crippen LogP contribution in [0.25, 0.3) is 16.2 Å². The molecule has 6 nitrogen and oxygen atoms in total. The summed E-state index contributed by atoms with van der Waals surface area (Å²) in [6.45, 7) is 7.91. The van der Waals surface area contributed by atoms with Crippen LogP contribution in [0.4, 0.5) is 0 Å². The molecule has 0 N–H and O–H groups in total. The first-order valence-corrected chi connectivity index (χ1v) is 11.9. The molecule has 0 aliphatic heterocycles. The van der Waals surface area contributed by atoms with Gasteiger partial charge in [0.15, 0.2) is 0 Å². The van der Waals surface area contributed by atoms with E-state index in [1.807, 2.05) is 53.9 Å². The first-order valence-electron chi connectivity index (χ1n) is 10.6. The molecule has 0 aliphatic rings. The lowest BCUT2D eigenvalue weighted by atomic mass is 10.1. The van der Waals surface area contributed by atoms with Crippen molar-refractivity contribution >= 4 is 27.9 Å². The number of thiazole rings is 1. The highest BCUT2D eigenvalue weighted by Crippen LogP contribution is 2.26. The van der Waals surface area contributed by atoms with Crippen LogP contribution in [0.15, 0.2) is 58.7 Å². The number of hydrogen-bond acceptors (Lipinski definition) is 6. The monoisotopic (exact) mass is 468 g/mol. The number of halogens is 1. The third-order valence-corrected chi connectivity index (χ3v) is 6.42. The molecule has 0 aliphatic carbocycles. The van der Waals surface area contributed by atoms with Crippen molar-refractivity contribution in [2.75, 3.05) is 26.2 Å². The van der Waals surface area contributed by atoms with E-state index < -0.39 is 0 Å². The fourth-order valence-electron chi connectivity index (χ4n) is 3.45. The number of fused-ring (bicyclic) bond motifs is 1. The van der Waals surface area contributed by atoms with Gasteiger partial charge in [0.05, 0.1) is 5.69 Å². The molecule has 0 radical (unpaired) electrons. The normalized spacial score (nSPS) is 11.4. The number of aromatic nitrogens is 3. The summed E-state index contributed by atoms with van der Waals surface area (Å²) in [4.78, 5) is 19.6. The summed E-state index contributed by atoms with van der Waals surface area (Å²) in [6.07, 6.45) is 0.403. The predicted molar refractivity (Wildman–Crippen MR) is 130 cm³/mol. The van der Waals surface area contributed by atoms with Crippen LogP contribution in [0, 0.1) is 0 Å². The quantitative estimate of drug-likeness (QED) is 0.353. The zero-order chi connectivity index (χ0) is 22.5. The molecule has 0 saturated heterocycles. The summed E-state index contributed by atoms with van der Waals surface area (Å²) in [5, 5.41) is 7.25. The summed E-state index contributed by atoms with van der Waals surface area (Å²) in [5.41, 5.74) is 2.95. The zero-order valence-corrected chi connectivity index (χ0v) is 19.7. The largest absolute Gasteiger partial charge is 0.492 e. The average molecular weight is 469 g/mol. The van der Waals surface area contributed by atoms with Gasteiger partial charge in [-0.1, -0.05) is 37.6 Å². The molecule has 8 heteroatoms. The minimum atomic E-state index is -0.301. The summed E-state index contributed by atoms with van der Waals surface area (Å²) in [5.74, 6) is 0.835. The second-order valence-electron chi connectivity index (χ2n) is 7.38. The van der Waals surface area contributed by atoms with Crippen molar-refractivity contribution in [3.63, 3.8) is 0 Å². The Morgan fingerprint density at radius 2 is 1.78 bits per heavy atom. The van der Waals surface area contributed by atoms with Crippen molar-refractivity contribution in [1.82, 2.24) is 19.5 Å². The van der Waals surface area contributed by atoms with Crippen molar-refractivity contribution in [2.45, 2.75) is 20.3 Å². The van der Waals surface area contributed by atoms with Gasteiger partial charge in [-0.2, -0.15) is 10.1 Å². The molecule has 2 aromatic heterocycles. The van der Waals surface area contributed by atoms with Crippen molar-refractivity contribution in [3.05, 3.63) is 80.5 Å². The summed E-state index contributed by atoms with van der Waals surface area (Å²) >= 11 is 7.36. The van der Waals surface area contributed by atoms with Crippen molar-refractivity contribution in [2.24, 2.45) is 0 Å². The van der Waals surface area contributed by atoms with Crippen LogP contribution in [0.1, 0.15) is 25.1 Å². The van der Waals surface area contributed by atoms with E-state index in [-0.39, 0.29) is 5.56 Å². The third kappa shape index (κ3) is 5.18. The maximum atomic E-state index is 12.5. The lowest BCUT2D eigenvalue weighted by Gasteiger charge is -2.18. The van der Waals surface area contributed by atoms with Crippen molar-refractivity contribution in [3.8, 4) is 17.0 Å². The molecule has 2 aromatic carbocycles. The molecule has 0 atom stereocenters. The molecule has 166 valence electrons. The van der Waals surface area contributed by atoms with E-state index in [1.54, 1.807) is 4.52 Å². The van der Waals surface area contributed by atoms with E-state index in [2.05, 4.69) is 28.8 Å². The van der Waals surface area contributed by atoms with Gasteiger partial charge >= 0.3 is 0 Å². The van der Waals surface area contributed by atoms with Gasteiger partial charge < -0.3 is 9.64 Å². The Morgan fingerprint density at radius 1 is 1.06 bits per heavy atom. The number of rotatable bonds is 9. The van der Waals surface area contributed by atoms with Gasteiger partial charge in [0, 0.05) is 28.9 Å². The Bertz CT molecular complexity index is 1230. The Labute approximate surface area is 196 Å². The van der Waals surface area contributed by atoms with Gasteiger partial charge in [-0.25, -0.2) is 4.52 Å². The lowest BCUT2D eigenvalue weighted by molar-refractivity contribution is 0.223. The highest BCUT2D eigenvalue weighted by molar-refractivity contribution is 7.15. The van der Waals surface area contributed by atoms with Gasteiger partial charge in [-0.15, -0.1) is 11.3 Å². The highest BCUT2D eigenvalue weighted by Gasteiger charge is 2.13. The molecule has 32 heavy (non-hydrogen) atoms. The van der Waals surface area contributed by atoms with E-state index in [0.29, 0.717) is 28.7 Å². The minimum absolute atomic E-state index is 0.301. The number of ether oxygens (including phenoxy) is 1. The Kier molecular flexibility index (Phi) is 7.19. The minimum Gasteiger partial charge on any atom is -0.492 e. The molecule has 0 bridgehead atoms. The fourth-order valence-corrected chi connectivity index (χ4v) is 4.40. The molecular weight excluding hydrogens is 444 g/mol. The van der Waals surface area contributed by atoms with Gasteiger partial charge in [-0.3, -0.25) is 4.79 Å². The van der Waals surface area contributed by atoms with Crippen LogP contribution < -0.4 is 10.3 Å². The maximum Gasteiger partial charge on any atom is 0.296 e. The molecule has 0 amide bonds. The SMILES string of the molecule is CCN(CC)CCOc1ccc(-c2csc3nc(=O)c(Cc4ccc(Cl)cc4)nn23)cc1. The molecule has 0 unspecified atom stereocenters. The second kappa shape index (κ2) is 10.3. The molecule has 0 saturated carbocycles. The lowest BCUT2D eigenvalue weighted by Crippen LogP contribution is -2.27. The molecule has 4 rings (SSSR count). The average Bonchev–Trinajstić information content (AvgIpc) is 3.21. The third-order valence-electron chi connectivity index (χ3n) is 5.36. The Hall–Kier alpha value is -2.74. The van der Waals surface area contributed by atoms with E-state index in [0.717, 1.165) is 42.2 Å². The Morgan fingerprint density at radius 3 is 2.47 bits per heavy atom. The van der Waals surface area contributed by atoms with E-state index >= 15 is 0 Å². The standard InChI is InChI=1S/C24H25ClN4O2S/c1-3-28(4-2)13-14-31-20-11-7-18(8-12-20)22-16-32-24-26-23(30)21(27-29(22)24)15-17-5-9-19(25)10-6-17/h5-12,16H,3-4,13-15H2,1-2H3. The van der Waals surface area contributed by atoms with Gasteiger partial charge in [0.1, 0.15) is 18.1 Å². The van der Waals surface area contributed by atoms with Crippen LogP contribution in [0.5, 0.6) is 5.75 Å². The zero-order valence-electron chi connectivity index (χ0n) is 18.1. The molecular formula is C24H25ClN4O2S. The number of benzene rings is 2. The van der Waals surface area contributed by atoms with Crippen LogP contribution >= 0.6 is 22.9 Å². The fraction of sp³-hybridized carbons (Fsp3) is 0.292. The van der Waals surface area contributed by atoms with Crippen molar-refractivity contribution < 1.29 is 4.74 Å². The van der Waals surface area contributed by atoms with Gasteiger partial charge in [0.25, 0.3) is 5.56 Å². The smallest absolute Gasteiger partial charge is 0.296 e. The molecule has 0 spiro atoms. The first kappa shape index (κ1) is 22.5. The topological polar surface area (TPSA) is 59.7 Å².